The van der Waals surface area contributed by atoms with Crippen LogP contribution in [0, 0.1) is 0 Å². The van der Waals surface area contributed by atoms with E-state index in [1.165, 1.54) is 11.1 Å². The molecule has 0 fully saturated rings. The van der Waals surface area contributed by atoms with E-state index in [-0.39, 0.29) is 0 Å². The number of likely N-dealkylation sites (N-methyl/N-ethyl adjacent to an activating group) is 1. The van der Waals surface area contributed by atoms with E-state index in [4.69, 9.17) is 0 Å². The summed E-state index contributed by atoms with van der Waals surface area (Å²) in [6.07, 6.45) is 4.93. The van der Waals surface area contributed by atoms with Gasteiger partial charge in [0, 0.05) is 30.5 Å². The van der Waals surface area contributed by atoms with Crippen LogP contribution in [0.2, 0.25) is 0 Å². The first kappa shape index (κ1) is 12.8. The van der Waals surface area contributed by atoms with Crippen molar-refractivity contribution in [1.82, 2.24) is 14.9 Å². The second-order valence-electron chi connectivity index (χ2n) is 4.63. The van der Waals surface area contributed by atoms with Gasteiger partial charge >= 0.3 is 0 Å². The maximum atomic E-state index is 4.41. The quantitative estimate of drug-likeness (QED) is 0.875. The molecule has 2 aromatic rings. The smallest absolute Gasteiger partial charge is 0.139 e. The average molecular weight is 243 g/mol. The average Bonchev–Trinajstić information content (AvgIpc) is 2.87. The summed E-state index contributed by atoms with van der Waals surface area (Å²) in [5, 5.41) is 3.26. The molecular formula is C15H21N3. The van der Waals surface area contributed by atoms with Crippen molar-refractivity contribution in [2.24, 2.45) is 0 Å². The summed E-state index contributed by atoms with van der Waals surface area (Å²) >= 11 is 0. The number of benzene rings is 1. The number of rotatable bonds is 5. The van der Waals surface area contributed by atoms with Crippen molar-refractivity contribution in [3.05, 3.63) is 42.2 Å². The largest absolute Gasteiger partial charge is 0.331 e. The summed E-state index contributed by atoms with van der Waals surface area (Å²) < 4.78 is 2.16. The number of hydrogen-bond donors (Lipinski definition) is 1. The number of aryl methyl sites for hydroxylation is 1. The van der Waals surface area contributed by atoms with Crippen molar-refractivity contribution in [3.63, 3.8) is 0 Å². The van der Waals surface area contributed by atoms with Crippen molar-refractivity contribution >= 4 is 0 Å². The van der Waals surface area contributed by atoms with E-state index in [1.807, 2.05) is 19.4 Å². The second-order valence-corrected chi connectivity index (χ2v) is 4.63. The van der Waals surface area contributed by atoms with Gasteiger partial charge in [-0.1, -0.05) is 24.3 Å². The number of imidazole rings is 1. The van der Waals surface area contributed by atoms with Crippen LogP contribution in [-0.4, -0.2) is 22.6 Å². The normalized spacial score (nSPS) is 12.6. The first-order valence-electron chi connectivity index (χ1n) is 6.52. The van der Waals surface area contributed by atoms with Crippen LogP contribution in [0.3, 0.4) is 0 Å². The fourth-order valence-electron chi connectivity index (χ4n) is 2.07. The number of aromatic nitrogens is 2. The Kier molecular flexibility index (Phi) is 4.15. The zero-order chi connectivity index (χ0) is 13.0. The van der Waals surface area contributed by atoms with Gasteiger partial charge in [0.05, 0.1) is 0 Å². The van der Waals surface area contributed by atoms with Crippen LogP contribution in [0.1, 0.15) is 19.4 Å². The Labute approximate surface area is 109 Å². The lowest BCUT2D eigenvalue weighted by atomic mass is 10.0. The first-order chi connectivity index (χ1) is 8.74. The minimum absolute atomic E-state index is 0.508. The third kappa shape index (κ3) is 2.79. The van der Waals surface area contributed by atoms with Crippen LogP contribution >= 0.6 is 0 Å². The molecule has 0 spiro atoms. The maximum Gasteiger partial charge on any atom is 0.139 e. The van der Waals surface area contributed by atoms with Crippen molar-refractivity contribution in [3.8, 4) is 11.4 Å². The molecule has 0 saturated heterocycles. The van der Waals surface area contributed by atoms with E-state index in [0.29, 0.717) is 6.04 Å². The van der Waals surface area contributed by atoms with E-state index < -0.39 is 0 Å². The molecule has 0 amide bonds. The lowest BCUT2D eigenvalue weighted by Crippen LogP contribution is -2.23. The molecule has 3 heteroatoms. The zero-order valence-corrected chi connectivity index (χ0v) is 11.4. The van der Waals surface area contributed by atoms with Crippen molar-refractivity contribution in [2.45, 2.75) is 32.9 Å². The van der Waals surface area contributed by atoms with E-state index in [1.54, 1.807) is 0 Å². The number of hydrogen-bond acceptors (Lipinski definition) is 2. The monoisotopic (exact) mass is 243 g/mol. The van der Waals surface area contributed by atoms with Gasteiger partial charge in [-0.15, -0.1) is 0 Å². The maximum absolute atomic E-state index is 4.41. The zero-order valence-electron chi connectivity index (χ0n) is 11.4. The molecule has 1 atom stereocenters. The van der Waals surface area contributed by atoms with Gasteiger partial charge in [0.2, 0.25) is 0 Å². The molecule has 1 N–H and O–H groups in total. The highest BCUT2D eigenvalue weighted by atomic mass is 15.1. The molecule has 96 valence electrons. The van der Waals surface area contributed by atoms with Gasteiger partial charge < -0.3 is 9.88 Å². The number of nitrogens with one attached hydrogen (secondary N) is 1. The minimum Gasteiger partial charge on any atom is -0.331 e. The Hall–Kier alpha value is -1.61. The van der Waals surface area contributed by atoms with Crippen LogP contribution in [0.5, 0.6) is 0 Å². The molecule has 1 unspecified atom stereocenters. The summed E-state index contributed by atoms with van der Waals surface area (Å²) in [5.74, 6) is 1.05. The second kappa shape index (κ2) is 5.83. The lowest BCUT2D eigenvalue weighted by molar-refractivity contribution is 0.608. The molecule has 18 heavy (non-hydrogen) atoms. The molecule has 0 aliphatic heterocycles. The molecule has 1 aromatic carbocycles. The predicted octanol–water partition coefficient (Wildman–Crippen LogP) is 2.72. The molecule has 0 aliphatic carbocycles. The van der Waals surface area contributed by atoms with Gasteiger partial charge in [0.25, 0.3) is 0 Å². The fourth-order valence-corrected chi connectivity index (χ4v) is 2.07. The van der Waals surface area contributed by atoms with Gasteiger partial charge in [-0.2, -0.15) is 0 Å². The lowest BCUT2D eigenvalue weighted by Gasteiger charge is -2.10. The minimum atomic E-state index is 0.508. The van der Waals surface area contributed by atoms with Crippen LogP contribution < -0.4 is 5.32 Å². The summed E-state index contributed by atoms with van der Waals surface area (Å²) in [6.45, 7) is 5.28. The molecule has 1 heterocycles. The molecule has 0 bridgehead atoms. The van der Waals surface area contributed by atoms with Crippen LogP contribution in [0.15, 0.2) is 36.7 Å². The highest BCUT2D eigenvalue weighted by Crippen LogP contribution is 2.18. The van der Waals surface area contributed by atoms with E-state index in [2.05, 4.69) is 53.0 Å². The summed E-state index contributed by atoms with van der Waals surface area (Å²) in [7, 11) is 2.00. The number of nitrogens with zero attached hydrogens (tertiary/aromatic N) is 2. The Morgan fingerprint density at radius 1 is 1.28 bits per heavy atom. The fraction of sp³-hybridized carbons (Fsp3) is 0.400. The van der Waals surface area contributed by atoms with Gasteiger partial charge in [0.1, 0.15) is 5.82 Å². The molecule has 2 rings (SSSR count). The third-order valence-corrected chi connectivity index (χ3v) is 3.30. The van der Waals surface area contributed by atoms with Crippen molar-refractivity contribution < 1.29 is 0 Å². The standard InChI is InChI=1S/C15H21N3/c1-4-18-10-9-17-15(18)14-7-5-13(6-8-14)11-12(2)16-3/h5-10,12,16H,4,11H2,1-3H3. The van der Waals surface area contributed by atoms with Gasteiger partial charge in [-0.05, 0) is 32.9 Å². The molecule has 1 aromatic heterocycles. The van der Waals surface area contributed by atoms with Gasteiger partial charge in [-0.3, -0.25) is 0 Å². The molecule has 0 aliphatic rings. The van der Waals surface area contributed by atoms with Crippen LogP contribution in [0.4, 0.5) is 0 Å². The third-order valence-electron chi connectivity index (χ3n) is 3.30. The Morgan fingerprint density at radius 3 is 2.61 bits per heavy atom. The summed E-state index contributed by atoms with van der Waals surface area (Å²) in [6, 6.07) is 9.21. The topological polar surface area (TPSA) is 29.9 Å². The molecule has 0 saturated carbocycles. The Morgan fingerprint density at radius 2 is 2.00 bits per heavy atom. The Balaban J connectivity index is 2.17. The predicted molar refractivity (Wildman–Crippen MR) is 75.6 cm³/mol. The van der Waals surface area contributed by atoms with Gasteiger partial charge in [-0.25, -0.2) is 4.98 Å². The molecule has 3 nitrogen and oxygen atoms in total. The first-order valence-corrected chi connectivity index (χ1v) is 6.52. The van der Waals surface area contributed by atoms with Crippen molar-refractivity contribution in [2.75, 3.05) is 7.05 Å². The van der Waals surface area contributed by atoms with E-state index in [9.17, 15) is 0 Å². The van der Waals surface area contributed by atoms with E-state index in [0.717, 1.165) is 18.8 Å². The highest BCUT2D eigenvalue weighted by molar-refractivity contribution is 5.56. The summed E-state index contributed by atoms with van der Waals surface area (Å²) in [5.41, 5.74) is 2.54. The SMILES string of the molecule is CCn1ccnc1-c1ccc(CC(C)NC)cc1. The van der Waals surface area contributed by atoms with E-state index >= 15 is 0 Å². The highest BCUT2D eigenvalue weighted by Gasteiger charge is 2.05. The Bertz CT molecular complexity index is 485. The van der Waals surface area contributed by atoms with Gasteiger partial charge in [0.15, 0.2) is 0 Å². The van der Waals surface area contributed by atoms with Crippen molar-refractivity contribution in [1.29, 1.82) is 0 Å². The van der Waals surface area contributed by atoms with Crippen LogP contribution in [-0.2, 0) is 13.0 Å². The summed E-state index contributed by atoms with van der Waals surface area (Å²) in [4.78, 5) is 4.41. The van der Waals surface area contributed by atoms with Crippen LogP contribution in [0.25, 0.3) is 11.4 Å². The molecular weight excluding hydrogens is 222 g/mol. The molecule has 0 radical (unpaired) electrons.